The Morgan fingerprint density at radius 1 is 1.67 bits per heavy atom. The zero-order valence-corrected chi connectivity index (χ0v) is 8.97. The monoisotopic (exact) mass is 208 g/mol. The van der Waals surface area contributed by atoms with E-state index in [-0.39, 0.29) is 0 Å². The molecule has 0 heterocycles. The SMILES string of the molecule is CCC=CC1(O)C(C)=CC=CC1C(=O)O. The lowest BCUT2D eigenvalue weighted by molar-refractivity contribution is -0.144. The first kappa shape index (κ1) is 11.7. The molecule has 0 aromatic rings. The Morgan fingerprint density at radius 3 is 2.87 bits per heavy atom. The first-order valence-corrected chi connectivity index (χ1v) is 5.00. The number of aliphatic carboxylic acids is 1. The molecule has 1 aliphatic carbocycles. The van der Waals surface area contributed by atoms with Crippen LogP contribution in [-0.2, 0) is 4.79 Å². The van der Waals surface area contributed by atoms with Gasteiger partial charge in [-0.15, -0.1) is 0 Å². The predicted octanol–water partition coefficient (Wildman–Crippen LogP) is 1.90. The summed E-state index contributed by atoms with van der Waals surface area (Å²) in [5.74, 6) is -1.91. The van der Waals surface area contributed by atoms with E-state index >= 15 is 0 Å². The van der Waals surface area contributed by atoms with Crippen molar-refractivity contribution in [2.45, 2.75) is 25.9 Å². The van der Waals surface area contributed by atoms with Crippen LogP contribution in [0, 0.1) is 5.92 Å². The van der Waals surface area contributed by atoms with Crippen molar-refractivity contribution in [3.05, 3.63) is 36.0 Å². The van der Waals surface area contributed by atoms with Gasteiger partial charge in [-0.2, -0.15) is 0 Å². The summed E-state index contributed by atoms with van der Waals surface area (Å²) in [5.41, 5.74) is -0.724. The fourth-order valence-electron chi connectivity index (χ4n) is 1.64. The van der Waals surface area contributed by atoms with Crippen molar-refractivity contribution in [2.75, 3.05) is 0 Å². The third-order valence-electron chi connectivity index (χ3n) is 2.63. The Morgan fingerprint density at radius 2 is 2.33 bits per heavy atom. The number of aliphatic hydroxyl groups is 1. The predicted molar refractivity (Wildman–Crippen MR) is 58.4 cm³/mol. The van der Waals surface area contributed by atoms with E-state index in [1.807, 2.05) is 6.92 Å². The molecule has 3 nitrogen and oxygen atoms in total. The summed E-state index contributed by atoms with van der Waals surface area (Å²) in [5, 5.41) is 19.3. The average molecular weight is 208 g/mol. The van der Waals surface area contributed by atoms with Crippen LogP contribution in [0.3, 0.4) is 0 Å². The molecule has 0 aromatic heterocycles. The minimum absolute atomic E-state index is 0.655. The molecule has 1 rings (SSSR count). The average Bonchev–Trinajstić information content (AvgIpc) is 2.19. The van der Waals surface area contributed by atoms with Gasteiger partial charge in [-0.1, -0.05) is 37.3 Å². The van der Waals surface area contributed by atoms with Gasteiger partial charge in [0.1, 0.15) is 11.5 Å². The largest absolute Gasteiger partial charge is 0.481 e. The van der Waals surface area contributed by atoms with E-state index in [9.17, 15) is 9.90 Å². The van der Waals surface area contributed by atoms with Crippen molar-refractivity contribution in [3.63, 3.8) is 0 Å². The first-order chi connectivity index (χ1) is 7.02. The fourth-order valence-corrected chi connectivity index (χ4v) is 1.64. The lowest BCUT2D eigenvalue weighted by Crippen LogP contribution is -2.42. The molecule has 2 atom stereocenters. The molecule has 82 valence electrons. The lowest BCUT2D eigenvalue weighted by Gasteiger charge is -2.32. The van der Waals surface area contributed by atoms with Crippen molar-refractivity contribution < 1.29 is 15.0 Å². The first-order valence-electron chi connectivity index (χ1n) is 5.00. The molecule has 0 aliphatic heterocycles. The van der Waals surface area contributed by atoms with Crippen LogP contribution in [0.5, 0.6) is 0 Å². The summed E-state index contributed by atoms with van der Waals surface area (Å²) in [6.07, 6.45) is 9.04. The summed E-state index contributed by atoms with van der Waals surface area (Å²) in [6.45, 7) is 3.67. The van der Waals surface area contributed by atoms with Crippen molar-refractivity contribution in [1.82, 2.24) is 0 Å². The number of hydrogen-bond donors (Lipinski definition) is 2. The van der Waals surface area contributed by atoms with Crippen LogP contribution in [0.1, 0.15) is 20.3 Å². The van der Waals surface area contributed by atoms with Crippen LogP contribution < -0.4 is 0 Å². The summed E-state index contributed by atoms with van der Waals surface area (Å²) in [6, 6.07) is 0. The fraction of sp³-hybridized carbons (Fsp3) is 0.417. The second-order valence-electron chi connectivity index (χ2n) is 3.69. The van der Waals surface area contributed by atoms with Gasteiger partial charge < -0.3 is 10.2 Å². The zero-order valence-electron chi connectivity index (χ0n) is 8.97. The molecule has 0 amide bonds. The molecule has 0 aromatic carbocycles. The topological polar surface area (TPSA) is 57.5 Å². The molecule has 3 heteroatoms. The Hall–Kier alpha value is -1.35. The normalized spacial score (nSPS) is 30.6. The maximum absolute atomic E-state index is 11.0. The van der Waals surface area contributed by atoms with E-state index in [0.29, 0.717) is 5.57 Å². The minimum atomic E-state index is -1.38. The molecular formula is C12H16O3. The zero-order chi connectivity index (χ0) is 11.5. The summed E-state index contributed by atoms with van der Waals surface area (Å²) in [4.78, 5) is 11.0. The number of carboxylic acids is 1. The van der Waals surface area contributed by atoms with Gasteiger partial charge in [-0.05, 0) is 18.9 Å². The highest BCUT2D eigenvalue weighted by molar-refractivity contribution is 5.76. The lowest BCUT2D eigenvalue weighted by atomic mass is 9.78. The number of hydrogen-bond acceptors (Lipinski definition) is 2. The highest BCUT2D eigenvalue weighted by atomic mass is 16.4. The third-order valence-corrected chi connectivity index (χ3v) is 2.63. The van der Waals surface area contributed by atoms with E-state index in [4.69, 9.17) is 5.11 Å². The van der Waals surface area contributed by atoms with Gasteiger partial charge >= 0.3 is 5.97 Å². The molecule has 0 spiro atoms. The summed E-state index contributed by atoms with van der Waals surface area (Å²) >= 11 is 0. The smallest absolute Gasteiger partial charge is 0.314 e. The molecule has 1 aliphatic rings. The highest BCUT2D eigenvalue weighted by Gasteiger charge is 2.40. The van der Waals surface area contributed by atoms with Crippen LogP contribution in [0.25, 0.3) is 0 Å². The Balaban J connectivity index is 3.09. The molecule has 2 unspecified atom stereocenters. The molecule has 0 bridgehead atoms. The van der Waals surface area contributed by atoms with Crippen molar-refractivity contribution in [2.24, 2.45) is 5.92 Å². The standard InChI is InChI=1S/C12H16O3/c1-3-4-8-12(15)9(2)6-5-7-10(12)11(13)14/h4-8,10,15H,3H2,1-2H3,(H,13,14). The van der Waals surface area contributed by atoms with Crippen molar-refractivity contribution in [1.29, 1.82) is 0 Å². The maximum Gasteiger partial charge on any atom is 0.314 e. The van der Waals surface area contributed by atoms with Gasteiger partial charge in [0.2, 0.25) is 0 Å². The number of carboxylic acid groups (broad SMARTS) is 1. The molecule has 0 saturated heterocycles. The molecule has 15 heavy (non-hydrogen) atoms. The quantitative estimate of drug-likeness (QED) is 0.696. The Labute approximate surface area is 89.4 Å². The van der Waals surface area contributed by atoms with Gasteiger partial charge in [-0.3, -0.25) is 4.79 Å². The summed E-state index contributed by atoms with van der Waals surface area (Å²) in [7, 11) is 0. The van der Waals surface area contributed by atoms with E-state index in [0.717, 1.165) is 6.42 Å². The van der Waals surface area contributed by atoms with E-state index in [1.165, 1.54) is 6.08 Å². The van der Waals surface area contributed by atoms with Crippen LogP contribution in [0.2, 0.25) is 0 Å². The van der Waals surface area contributed by atoms with Crippen LogP contribution in [-0.4, -0.2) is 21.8 Å². The van der Waals surface area contributed by atoms with E-state index in [1.54, 1.807) is 31.2 Å². The highest BCUT2D eigenvalue weighted by Crippen LogP contribution is 2.32. The van der Waals surface area contributed by atoms with E-state index < -0.39 is 17.5 Å². The Kier molecular flexibility index (Phi) is 3.48. The molecule has 0 saturated carbocycles. The van der Waals surface area contributed by atoms with Crippen LogP contribution >= 0.6 is 0 Å². The second kappa shape index (κ2) is 4.45. The van der Waals surface area contributed by atoms with Gasteiger partial charge in [0.05, 0.1) is 0 Å². The molecule has 0 fully saturated rings. The van der Waals surface area contributed by atoms with Gasteiger partial charge in [-0.25, -0.2) is 0 Å². The minimum Gasteiger partial charge on any atom is -0.481 e. The van der Waals surface area contributed by atoms with Crippen molar-refractivity contribution in [3.8, 4) is 0 Å². The van der Waals surface area contributed by atoms with Crippen LogP contribution in [0.4, 0.5) is 0 Å². The second-order valence-corrected chi connectivity index (χ2v) is 3.69. The third kappa shape index (κ3) is 2.18. The van der Waals surface area contributed by atoms with Gasteiger partial charge in [0.25, 0.3) is 0 Å². The van der Waals surface area contributed by atoms with Gasteiger partial charge in [0, 0.05) is 0 Å². The number of carbonyl (C=O) groups is 1. The Bertz CT molecular complexity index is 339. The maximum atomic E-state index is 11.0. The van der Waals surface area contributed by atoms with E-state index in [2.05, 4.69) is 0 Å². The van der Waals surface area contributed by atoms with Gasteiger partial charge in [0.15, 0.2) is 0 Å². The van der Waals surface area contributed by atoms with Crippen molar-refractivity contribution >= 4 is 5.97 Å². The molecular weight excluding hydrogens is 192 g/mol. The molecule has 2 N–H and O–H groups in total. The number of allylic oxidation sites excluding steroid dienone is 3. The molecule has 0 radical (unpaired) electrons. The summed E-state index contributed by atoms with van der Waals surface area (Å²) < 4.78 is 0. The van der Waals surface area contributed by atoms with Crippen LogP contribution in [0.15, 0.2) is 36.0 Å². The number of rotatable bonds is 3.